The van der Waals surface area contributed by atoms with Gasteiger partial charge in [-0.15, -0.1) is 0 Å². The van der Waals surface area contributed by atoms with Crippen molar-refractivity contribution < 1.29 is 19.1 Å². The first-order valence-corrected chi connectivity index (χ1v) is 11.5. The average molecular weight is 484 g/mol. The number of aromatic nitrogens is 1. The smallest absolute Gasteiger partial charge is 0.294 e. The number of halogens is 1. The predicted octanol–water partition coefficient (Wildman–Crippen LogP) is 5.56. The normalized spacial score (nSPS) is 15.2. The van der Waals surface area contributed by atoms with Gasteiger partial charge < -0.3 is 14.6 Å². The van der Waals surface area contributed by atoms with Crippen molar-refractivity contribution >= 4 is 63.1 Å². The van der Waals surface area contributed by atoms with Gasteiger partial charge in [0.15, 0.2) is 0 Å². The number of ether oxygens (including phenoxy) is 1. The molecule has 0 radical (unpaired) electrons. The number of rotatable bonds is 6. The molecule has 2 heterocycles. The van der Waals surface area contributed by atoms with Gasteiger partial charge in [0, 0.05) is 34.4 Å². The van der Waals surface area contributed by atoms with Gasteiger partial charge in [-0.05, 0) is 56.0 Å². The number of imide groups is 1. The van der Waals surface area contributed by atoms with Gasteiger partial charge in [-0.3, -0.25) is 19.3 Å². The highest BCUT2D eigenvalue weighted by Crippen LogP contribution is 2.35. The monoisotopic (exact) mass is 483 g/mol. The quantitative estimate of drug-likeness (QED) is 0.464. The molecule has 1 aliphatic rings. The number of carbonyl (C=O) groups excluding carboxylic acids is 3. The minimum atomic E-state index is -0.504. The summed E-state index contributed by atoms with van der Waals surface area (Å²) in [6, 6.07) is 12.9. The number of para-hydroxylation sites is 1. The van der Waals surface area contributed by atoms with Crippen LogP contribution in [0.3, 0.4) is 0 Å². The molecule has 0 spiro atoms. The zero-order chi connectivity index (χ0) is 23.7. The molecule has 2 aromatic carbocycles. The third kappa shape index (κ3) is 4.62. The number of amides is 3. The van der Waals surface area contributed by atoms with Crippen molar-refractivity contribution in [1.82, 2.24) is 9.47 Å². The highest BCUT2D eigenvalue weighted by molar-refractivity contribution is 8.18. The molecule has 33 heavy (non-hydrogen) atoms. The van der Waals surface area contributed by atoms with Crippen LogP contribution in [-0.4, -0.2) is 40.2 Å². The fourth-order valence-electron chi connectivity index (χ4n) is 3.64. The first-order valence-electron chi connectivity index (χ1n) is 10.3. The minimum Gasteiger partial charge on any atom is -0.495 e. The molecule has 9 heteroatoms. The molecule has 0 saturated carbocycles. The number of thioether (sulfide) groups is 1. The Hall–Kier alpha value is -3.23. The van der Waals surface area contributed by atoms with E-state index >= 15 is 0 Å². The van der Waals surface area contributed by atoms with E-state index in [2.05, 4.69) is 23.7 Å². The van der Waals surface area contributed by atoms with Gasteiger partial charge in [-0.2, -0.15) is 0 Å². The van der Waals surface area contributed by atoms with Crippen LogP contribution in [0.5, 0.6) is 5.75 Å². The van der Waals surface area contributed by atoms with Crippen molar-refractivity contribution in [2.45, 2.75) is 19.9 Å². The second-order valence-corrected chi connectivity index (χ2v) is 9.17. The van der Waals surface area contributed by atoms with E-state index in [-0.39, 0.29) is 17.5 Å². The lowest BCUT2D eigenvalue weighted by Crippen LogP contribution is -2.36. The van der Waals surface area contributed by atoms with E-state index in [4.69, 9.17) is 16.3 Å². The van der Waals surface area contributed by atoms with Crippen LogP contribution in [0, 0.1) is 0 Å². The van der Waals surface area contributed by atoms with Gasteiger partial charge in [0.1, 0.15) is 12.3 Å². The van der Waals surface area contributed by atoms with Gasteiger partial charge in [0.2, 0.25) is 5.91 Å². The number of benzene rings is 2. The van der Waals surface area contributed by atoms with Crippen LogP contribution in [0.15, 0.2) is 53.6 Å². The Labute approximate surface area is 200 Å². The van der Waals surface area contributed by atoms with E-state index in [9.17, 15) is 14.4 Å². The molecule has 3 aromatic rings. The summed E-state index contributed by atoms with van der Waals surface area (Å²) in [6.45, 7) is 3.77. The maximum Gasteiger partial charge on any atom is 0.294 e. The van der Waals surface area contributed by atoms with Gasteiger partial charge in [0.05, 0.1) is 17.0 Å². The van der Waals surface area contributed by atoms with Gasteiger partial charge >= 0.3 is 0 Å². The van der Waals surface area contributed by atoms with Crippen molar-refractivity contribution in [3.05, 3.63) is 64.2 Å². The number of methoxy groups -OCH3 is 1. The van der Waals surface area contributed by atoms with Crippen molar-refractivity contribution in [2.24, 2.45) is 0 Å². The molecule has 1 fully saturated rings. The maximum absolute atomic E-state index is 12.9. The second kappa shape index (κ2) is 9.33. The van der Waals surface area contributed by atoms with Crippen LogP contribution >= 0.6 is 23.4 Å². The van der Waals surface area contributed by atoms with E-state index in [0.29, 0.717) is 16.5 Å². The zero-order valence-corrected chi connectivity index (χ0v) is 19.9. The summed E-state index contributed by atoms with van der Waals surface area (Å²) in [5.74, 6) is -0.518. The Morgan fingerprint density at radius 2 is 1.97 bits per heavy atom. The summed E-state index contributed by atoms with van der Waals surface area (Å²) in [5.41, 5.74) is 2.34. The highest BCUT2D eigenvalue weighted by atomic mass is 35.5. The molecule has 1 aliphatic heterocycles. The number of carbonyl (C=O) groups is 3. The fraction of sp³-hybridized carbons (Fsp3) is 0.208. The van der Waals surface area contributed by atoms with Crippen molar-refractivity contribution in [1.29, 1.82) is 0 Å². The second-order valence-electron chi connectivity index (χ2n) is 7.77. The number of hydrogen-bond acceptors (Lipinski definition) is 5. The van der Waals surface area contributed by atoms with E-state index in [1.165, 1.54) is 13.2 Å². The highest BCUT2D eigenvalue weighted by Gasteiger charge is 2.36. The van der Waals surface area contributed by atoms with Crippen molar-refractivity contribution in [3.63, 3.8) is 0 Å². The third-order valence-electron chi connectivity index (χ3n) is 5.23. The Morgan fingerprint density at radius 3 is 2.67 bits per heavy atom. The summed E-state index contributed by atoms with van der Waals surface area (Å²) in [6.07, 6.45) is 3.69. The van der Waals surface area contributed by atoms with E-state index in [1.54, 1.807) is 18.2 Å². The summed E-state index contributed by atoms with van der Waals surface area (Å²) in [5, 5.41) is 3.50. The SMILES string of the molecule is COc1ccc(NC(=O)CN2C(=O)S/C(=C/c3cn(C(C)C)c4ccccc34)C2=O)cc1Cl. The molecule has 0 atom stereocenters. The van der Waals surface area contributed by atoms with Crippen LogP contribution in [-0.2, 0) is 9.59 Å². The van der Waals surface area contributed by atoms with E-state index in [1.807, 2.05) is 30.5 Å². The van der Waals surface area contributed by atoms with Crippen LogP contribution in [0.2, 0.25) is 5.02 Å². The predicted molar refractivity (Wildman–Crippen MR) is 132 cm³/mol. The molecule has 170 valence electrons. The molecule has 7 nitrogen and oxygen atoms in total. The standard InChI is InChI=1S/C24H22ClN3O4S/c1-14(2)27-12-15(17-6-4-5-7-19(17)27)10-21-23(30)28(24(31)33-21)13-22(29)26-16-8-9-20(32-3)18(25)11-16/h4-12,14H,13H2,1-3H3,(H,26,29)/b21-10+. The van der Waals surface area contributed by atoms with Crippen molar-refractivity contribution in [2.75, 3.05) is 19.0 Å². The van der Waals surface area contributed by atoms with Crippen LogP contribution < -0.4 is 10.1 Å². The molecule has 1 saturated heterocycles. The number of nitrogens with one attached hydrogen (secondary N) is 1. The summed E-state index contributed by atoms with van der Waals surface area (Å²) >= 11 is 6.91. The van der Waals surface area contributed by atoms with Crippen LogP contribution in [0.25, 0.3) is 17.0 Å². The Kier molecular flexibility index (Phi) is 6.49. The first-order chi connectivity index (χ1) is 15.8. The molecule has 0 bridgehead atoms. The van der Waals surface area contributed by atoms with E-state index < -0.39 is 17.1 Å². The van der Waals surface area contributed by atoms with Crippen molar-refractivity contribution in [3.8, 4) is 5.75 Å². The number of nitrogens with zero attached hydrogens (tertiary/aromatic N) is 2. The number of fused-ring (bicyclic) bond motifs is 1. The Morgan fingerprint density at radius 1 is 1.21 bits per heavy atom. The summed E-state index contributed by atoms with van der Waals surface area (Å²) in [7, 11) is 1.49. The molecule has 4 rings (SSSR count). The van der Waals surface area contributed by atoms with Gasteiger partial charge in [0.25, 0.3) is 11.1 Å². The van der Waals surface area contributed by atoms with Gasteiger partial charge in [-0.25, -0.2) is 0 Å². The number of anilines is 1. The lowest BCUT2D eigenvalue weighted by Gasteiger charge is -2.13. The Balaban J connectivity index is 1.52. The molecule has 3 amide bonds. The lowest BCUT2D eigenvalue weighted by atomic mass is 10.1. The molecule has 1 N–H and O–H groups in total. The zero-order valence-electron chi connectivity index (χ0n) is 18.3. The maximum atomic E-state index is 12.9. The van der Waals surface area contributed by atoms with Crippen LogP contribution in [0.1, 0.15) is 25.5 Å². The average Bonchev–Trinajstić information content (AvgIpc) is 3.27. The van der Waals surface area contributed by atoms with Crippen LogP contribution in [0.4, 0.5) is 10.5 Å². The minimum absolute atomic E-state index is 0.238. The third-order valence-corrected chi connectivity index (χ3v) is 6.43. The van der Waals surface area contributed by atoms with E-state index in [0.717, 1.165) is 33.1 Å². The molecular formula is C24H22ClN3O4S. The largest absolute Gasteiger partial charge is 0.495 e. The summed E-state index contributed by atoms with van der Waals surface area (Å²) in [4.78, 5) is 39.1. The first kappa shape index (κ1) is 22.9. The fourth-order valence-corrected chi connectivity index (χ4v) is 4.73. The molecular weight excluding hydrogens is 462 g/mol. The van der Waals surface area contributed by atoms with Gasteiger partial charge in [-0.1, -0.05) is 29.8 Å². The Bertz CT molecular complexity index is 1300. The molecule has 0 unspecified atom stereocenters. The lowest BCUT2D eigenvalue weighted by molar-refractivity contribution is -0.127. The molecule has 1 aromatic heterocycles. The molecule has 0 aliphatic carbocycles. The topological polar surface area (TPSA) is 80.6 Å². The number of hydrogen-bond donors (Lipinski definition) is 1. The summed E-state index contributed by atoms with van der Waals surface area (Å²) < 4.78 is 7.21.